The van der Waals surface area contributed by atoms with Crippen LogP contribution in [0.1, 0.15) is 46.5 Å². The Morgan fingerprint density at radius 2 is 1.89 bits per heavy atom. The van der Waals surface area contributed by atoms with E-state index in [1.807, 2.05) is 0 Å². The van der Waals surface area contributed by atoms with Crippen molar-refractivity contribution >= 4 is 0 Å². The molecule has 0 spiro atoms. The summed E-state index contributed by atoms with van der Waals surface area (Å²) in [7, 11) is 0. The van der Waals surface area contributed by atoms with Crippen molar-refractivity contribution in [1.82, 2.24) is 0 Å². The van der Waals surface area contributed by atoms with Gasteiger partial charge in [0.15, 0.2) is 0 Å². The number of rotatable bonds is 5. The molecule has 0 aliphatic carbocycles. The molecule has 0 radical (unpaired) electrons. The zero-order valence-electron chi connectivity index (χ0n) is 6.98. The third-order valence-electron chi connectivity index (χ3n) is 1.75. The first-order valence-corrected chi connectivity index (χ1v) is 4.18. The minimum absolute atomic E-state index is 0.889. The van der Waals surface area contributed by atoms with Gasteiger partial charge in [0, 0.05) is 0 Å². The Bertz CT molecular complexity index is 42.0. The normalized spacial score (nSPS) is 13.2. The maximum absolute atomic E-state index is 2.43. The van der Waals surface area contributed by atoms with Crippen molar-refractivity contribution in [2.45, 2.75) is 46.5 Å². The topological polar surface area (TPSA) is 0 Å². The van der Waals surface area contributed by atoms with Crippen LogP contribution in [0.5, 0.6) is 0 Å². The first kappa shape index (κ1) is 8.87. The van der Waals surface area contributed by atoms with Crippen LogP contribution >= 0.6 is 0 Å². The highest BCUT2D eigenvalue weighted by atomic mass is 14.1. The van der Waals surface area contributed by atoms with Crippen LogP contribution in [-0.4, -0.2) is 0 Å². The maximum Gasteiger partial charge on any atom is 0.0974 e. The summed E-state index contributed by atoms with van der Waals surface area (Å²) in [5.41, 5.74) is 0. The van der Waals surface area contributed by atoms with E-state index >= 15 is 0 Å². The fraction of sp³-hybridized carbons (Fsp3) is 0.889. The van der Waals surface area contributed by atoms with Gasteiger partial charge in [-0.2, -0.15) is 0 Å². The van der Waals surface area contributed by atoms with Gasteiger partial charge in [0.05, 0.1) is 18.8 Å². The summed E-state index contributed by atoms with van der Waals surface area (Å²) < 4.78 is 0. The van der Waals surface area contributed by atoms with E-state index in [1.54, 1.807) is 0 Å². The Morgan fingerprint density at radius 3 is 2.22 bits per heavy atom. The van der Waals surface area contributed by atoms with Crippen LogP contribution in [0.3, 0.4) is 0 Å². The first-order valence-electron chi connectivity index (χ1n) is 4.18. The summed E-state index contributed by atoms with van der Waals surface area (Å²) in [6, 6.07) is 0. The van der Waals surface area contributed by atoms with Crippen LogP contribution in [0.2, 0.25) is 0 Å². The molecule has 1 atom stereocenters. The molecule has 0 aliphatic rings. The zero-order valence-corrected chi connectivity index (χ0v) is 6.98. The third kappa shape index (κ3) is 4.38. The summed E-state index contributed by atoms with van der Waals surface area (Å²) in [6.07, 6.45) is 7.70. The predicted molar refractivity (Wildman–Crippen MR) is 43.3 cm³/mol. The smallest absolute Gasteiger partial charge is 0.0652 e. The molecule has 0 rings (SSSR count). The summed E-state index contributed by atoms with van der Waals surface area (Å²) in [6.45, 7) is 6.75. The van der Waals surface area contributed by atoms with Crippen molar-refractivity contribution < 1.29 is 0 Å². The molecular weight excluding hydrogens is 108 g/mol. The molecule has 0 heterocycles. The lowest BCUT2D eigenvalue weighted by Crippen LogP contribution is -1.97. The van der Waals surface area contributed by atoms with E-state index in [0.717, 1.165) is 5.92 Å². The predicted octanol–water partition coefficient (Wildman–Crippen LogP) is 3.43. The van der Waals surface area contributed by atoms with Gasteiger partial charge in [-0.15, -0.1) is 0 Å². The van der Waals surface area contributed by atoms with Gasteiger partial charge < -0.3 is 0 Å². The Kier molecular flexibility index (Phi) is 5.91. The molecule has 0 bridgehead atoms. The molecule has 0 saturated heterocycles. The average molecular weight is 127 g/mol. The Hall–Kier alpha value is -0.130. The van der Waals surface area contributed by atoms with Crippen molar-refractivity contribution in [3.05, 3.63) is 6.42 Å². The lowest BCUT2D eigenvalue weighted by Gasteiger charge is -2.01. The SMILES string of the molecule is CC[CH+]C(CC)CCC. The fourth-order valence-electron chi connectivity index (χ4n) is 1.19. The van der Waals surface area contributed by atoms with E-state index in [1.165, 1.54) is 25.7 Å². The summed E-state index contributed by atoms with van der Waals surface area (Å²) in [5, 5.41) is 0. The molecule has 0 N–H and O–H groups in total. The van der Waals surface area contributed by atoms with Gasteiger partial charge in [-0.05, 0) is 19.8 Å². The molecule has 1 unspecified atom stereocenters. The van der Waals surface area contributed by atoms with E-state index < -0.39 is 0 Å². The minimum Gasteiger partial charge on any atom is -0.0652 e. The molecule has 0 aromatic rings. The van der Waals surface area contributed by atoms with Gasteiger partial charge in [0.2, 0.25) is 0 Å². The van der Waals surface area contributed by atoms with Gasteiger partial charge in [-0.25, -0.2) is 0 Å². The molecule has 0 amide bonds. The highest BCUT2D eigenvalue weighted by Gasteiger charge is 2.10. The van der Waals surface area contributed by atoms with E-state index in [0.29, 0.717) is 0 Å². The summed E-state index contributed by atoms with van der Waals surface area (Å²) >= 11 is 0. The monoisotopic (exact) mass is 127 g/mol. The van der Waals surface area contributed by atoms with Crippen molar-refractivity contribution in [3.8, 4) is 0 Å². The van der Waals surface area contributed by atoms with Crippen LogP contribution in [-0.2, 0) is 0 Å². The van der Waals surface area contributed by atoms with E-state index in [4.69, 9.17) is 0 Å². The molecule has 0 aliphatic heterocycles. The minimum atomic E-state index is 0.889. The van der Waals surface area contributed by atoms with Gasteiger partial charge in [0.25, 0.3) is 0 Å². The van der Waals surface area contributed by atoms with Crippen LogP contribution in [0.25, 0.3) is 0 Å². The molecule has 9 heavy (non-hydrogen) atoms. The zero-order chi connectivity index (χ0) is 7.11. The lowest BCUT2D eigenvalue weighted by atomic mass is 9.96. The van der Waals surface area contributed by atoms with Gasteiger partial charge in [-0.3, -0.25) is 0 Å². The molecule has 0 saturated carbocycles. The number of hydrogen-bond donors (Lipinski definition) is 0. The fourth-order valence-corrected chi connectivity index (χ4v) is 1.19. The molecule has 0 nitrogen and oxygen atoms in total. The molecular formula is C9H19+. The molecule has 0 fully saturated rings. The van der Waals surface area contributed by atoms with Gasteiger partial charge >= 0.3 is 0 Å². The van der Waals surface area contributed by atoms with Crippen molar-refractivity contribution in [1.29, 1.82) is 0 Å². The van der Waals surface area contributed by atoms with Gasteiger partial charge in [-0.1, -0.05) is 20.3 Å². The second kappa shape index (κ2) is 6.00. The van der Waals surface area contributed by atoms with Crippen LogP contribution in [0.15, 0.2) is 0 Å². The standard InChI is InChI=1S/C9H19/c1-4-7-9(6-3)8-5-2/h7,9H,4-6,8H2,1-3H3/q+1. The first-order chi connectivity index (χ1) is 4.35. The highest BCUT2D eigenvalue weighted by Crippen LogP contribution is 2.15. The quantitative estimate of drug-likeness (QED) is 0.496. The molecule has 54 valence electrons. The van der Waals surface area contributed by atoms with Crippen LogP contribution in [0.4, 0.5) is 0 Å². The van der Waals surface area contributed by atoms with E-state index in [9.17, 15) is 0 Å². The summed E-state index contributed by atoms with van der Waals surface area (Å²) in [4.78, 5) is 0. The van der Waals surface area contributed by atoms with Crippen LogP contribution in [0, 0.1) is 12.3 Å². The number of hydrogen-bond acceptors (Lipinski definition) is 0. The second-order valence-corrected chi connectivity index (χ2v) is 2.60. The lowest BCUT2D eigenvalue weighted by molar-refractivity contribution is 0.515. The highest BCUT2D eigenvalue weighted by molar-refractivity contribution is 4.72. The second-order valence-electron chi connectivity index (χ2n) is 2.60. The maximum atomic E-state index is 2.43. The van der Waals surface area contributed by atoms with E-state index in [2.05, 4.69) is 27.2 Å². The van der Waals surface area contributed by atoms with E-state index in [-0.39, 0.29) is 0 Å². The average Bonchev–Trinajstić information content (AvgIpc) is 1.88. The van der Waals surface area contributed by atoms with Crippen molar-refractivity contribution in [2.24, 2.45) is 5.92 Å². The van der Waals surface area contributed by atoms with Crippen LogP contribution < -0.4 is 0 Å². The summed E-state index contributed by atoms with van der Waals surface area (Å²) in [5.74, 6) is 0.889. The Balaban J connectivity index is 3.18. The Morgan fingerprint density at radius 1 is 1.22 bits per heavy atom. The molecule has 0 aromatic heterocycles. The Labute approximate surface area is 59.7 Å². The van der Waals surface area contributed by atoms with Crippen molar-refractivity contribution in [3.63, 3.8) is 0 Å². The van der Waals surface area contributed by atoms with Gasteiger partial charge in [0.1, 0.15) is 0 Å². The third-order valence-corrected chi connectivity index (χ3v) is 1.75. The molecule has 0 heteroatoms. The largest absolute Gasteiger partial charge is 0.0974 e. The molecule has 0 aromatic carbocycles. The van der Waals surface area contributed by atoms with Crippen molar-refractivity contribution in [2.75, 3.05) is 0 Å².